The fraction of sp³-hybridized carbons (Fsp3) is 0.667. The minimum Gasteiger partial charge on any atom is -0.349 e. The molecule has 0 aliphatic heterocycles. The SMILES string of the molecule is CN(C)C(=O)CCCn1ncn(C)c1=O. The molecule has 1 heterocycles. The van der Waals surface area contributed by atoms with Crippen LogP contribution in [0.5, 0.6) is 0 Å². The quantitative estimate of drug-likeness (QED) is 0.673. The molecular formula is C9H16N4O2. The van der Waals surface area contributed by atoms with Crippen molar-refractivity contribution in [2.24, 2.45) is 7.05 Å². The van der Waals surface area contributed by atoms with Gasteiger partial charge in [0, 0.05) is 34.1 Å². The van der Waals surface area contributed by atoms with E-state index < -0.39 is 0 Å². The van der Waals surface area contributed by atoms with E-state index in [1.165, 1.54) is 15.6 Å². The second-order valence-electron chi connectivity index (χ2n) is 3.64. The van der Waals surface area contributed by atoms with Crippen LogP contribution in [0.4, 0.5) is 0 Å². The molecule has 15 heavy (non-hydrogen) atoms. The maximum atomic E-state index is 11.3. The normalized spacial score (nSPS) is 10.3. The monoisotopic (exact) mass is 212 g/mol. The standard InChI is InChI=1S/C9H16N4O2/c1-11(2)8(14)5-4-6-13-9(15)12(3)7-10-13/h7H,4-6H2,1-3H3. The van der Waals surface area contributed by atoms with Crippen molar-refractivity contribution in [2.45, 2.75) is 19.4 Å². The Morgan fingerprint density at radius 1 is 1.53 bits per heavy atom. The molecule has 84 valence electrons. The van der Waals surface area contributed by atoms with Crippen molar-refractivity contribution in [3.8, 4) is 0 Å². The molecule has 6 heteroatoms. The summed E-state index contributed by atoms with van der Waals surface area (Å²) in [6, 6.07) is 0. The van der Waals surface area contributed by atoms with Gasteiger partial charge < -0.3 is 4.90 Å². The van der Waals surface area contributed by atoms with Crippen molar-refractivity contribution in [2.75, 3.05) is 14.1 Å². The highest BCUT2D eigenvalue weighted by Gasteiger charge is 2.05. The molecule has 0 saturated carbocycles. The van der Waals surface area contributed by atoms with Crippen molar-refractivity contribution < 1.29 is 4.79 Å². The van der Waals surface area contributed by atoms with Gasteiger partial charge in [0.2, 0.25) is 5.91 Å². The average molecular weight is 212 g/mol. The van der Waals surface area contributed by atoms with Crippen LogP contribution in [-0.4, -0.2) is 39.3 Å². The zero-order valence-corrected chi connectivity index (χ0v) is 9.30. The van der Waals surface area contributed by atoms with E-state index in [-0.39, 0.29) is 11.6 Å². The van der Waals surface area contributed by atoms with Gasteiger partial charge in [0.1, 0.15) is 6.33 Å². The van der Waals surface area contributed by atoms with E-state index in [0.717, 1.165) is 0 Å². The number of nitrogens with zero attached hydrogens (tertiary/aromatic N) is 4. The van der Waals surface area contributed by atoms with E-state index in [2.05, 4.69) is 5.10 Å². The molecule has 0 fully saturated rings. The van der Waals surface area contributed by atoms with Crippen LogP contribution >= 0.6 is 0 Å². The Kier molecular flexibility index (Phi) is 3.65. The van der Waals surface area contributed by atoms with Gasteiger partial charge in [0.15, 0.2) is 0 Å². The second-order valence-corrected chi connectivity index (χ2v) is 3.64. The molecular weight excluding hydrogens is 196 g/mol. The van der Waals surface area contributed by atoms with Gasteiger partial charge in [-0.1, -0.05) is 0 Å². The van der Waals surface area contributed by atoms with Crippen molar-refractivity contribution >= 4 is 5.91 Å². The maximum absolute atomic E-state index is 11.3. The first-order chi connectivity index (χ1) is 7.02. The first-order valence-electron chi connectivity index (χ1n) is 4.81. The van der Waals surface area contributed by atoms with Gasteiger partial charge in [-0.2, -0.15) is 5.10 Å². The smallest absolute Gasteiger partial charge is 0.345 e. The predicted octanol–water partition coefficient (Wildman–Crippen LogP) is -0.550. The fourth-order valence-electron chi connectivity index (χ4n) is 1.18. The summed E-state index contributed by atoms with van der Waals surface area (Å²) in [5, 5.41) is 3.90. The van der Waals surface area contributed by atoms with Crippen molar-refractivity contribution in [3.63, 3.8) is 0 Å². The number of carbonyl (C=O) groups is 1. The summed E-state index contributed by atoms with van der Waals surface area (Å²) in [6.45, 7) is 0.485. The molecule has 0 bridgehead atoms. The van der Waals surface area contributed by atoms with Crippen molar-refractivity contribution in [1.29, 1.82) is 0 Å². The van der Waals surface area contributed by atoms with E-state index >= 15 is 0 Å². The molecule has 0 aliphatic rings. The van der Waals surface area contributed by atoms with Gasteiger partial charge >= 0.3 is 5.69 Å². The Hall–Kier alpha value is -1.59. The molecule has 1 amide bonds. The lowest BCUT2D eigenvalue weighted by atomic mass is 10.3. The highest BCUT2D eigenvalue weighted by Crippen LogP contribution is 1.94. The van der Waals surface area contributed by atoms with Crippen LogP contribution in [0.2, 0.25) is 0 Å². The Morgan fingerprint density at radius 3 is 2.67 bits per heavy atom. The van der Waals surface area contributed by atoms with E-state index in [0.29, 0.717) is 19.4 Å². The Labute approximate surface area is 88.1 Å². The van der Waals surface area contributed by atoms with Crippen LogP contribution in [0.25, 0.3) is 0 Å². The summed E-state index contributed by atoms with van der Waals surface area (Å²) in [4.78, 5) is 24.1. The summed E-state index contributed by atoms with van der Waals surface area (Å²) in [6.07, 6.45) is 2.54. The summed E-state index contributed by atoms with van der Waals surface area (Å²) >= 11 is 0. The first-order valence-corrected chi connectivity index (χ1v) is 4.81. The molecule has 0 spiro atoms. The highest BCUT2D eigenvalue weighted by molar-refractivity contribution is 5.75. The minimum absolute atomic E-state index is 0.0685. The molecule has 0 aromatic carbocycles. The molecule has 6 nitrogen and oxygen atoms in total. The second kappa shape index (κ2) is 4.77. The summed E-state index contributed by atoms with van der Waals surface area (Å²) in [7, 11) is 5.08. The fourth-order valence-corrected chi connectivity index (χ4v) is 1.18. The third-order valence-electron chi connectivity index (χ3n) is 2.15. The van der Waals surface area contributed by atoms with Gasteiger partial charge in [-0.05, 0) is 6.42 Å². The van der Waals surface area contributed by atoms with Crippen LogP contribution in [0, 0.1) is 0 Å². The van der Waals surface area contributed by atoms with Crippen molar-refractivity contribution in [1.82, 2.24) is 19.2 Å². The first kappa shape index (κ1) is 11.5. The van der Waals surface area contributed by atoms with Crippen LogP contribution in [-0.2, 0) is 18.4 Å². The summed E-state index contributed by atoms with van der Waals surface area (Å²) in [5.41, 5.74) is -0.146. The van der Waals surface area contributed by atoms with Crippen LogP contribution < -0.4 is 5.69 Å². The number of rotatable bonds is 4. The van der Waals surface area contributed by atoms with Gasteiger partial charge in [0.05, 0.1) is 0 Å². The van der Waals surface area contributed by atoms with Gasteiger partial charge in [-0.15, -0.1) is 0 Å². The number of aryl methyl sites for hydroxylation is 2. The molecule has 0 radical (unpaired) electrons. The summed E-state index contributed by atoms with van der Waals surface area (Å²) < 4.78 is 2.77. The molecule has 0 atom stereocenters. The molecule has 0 N–H and O–H groups in total. The maximum Gasteiger partial charge on any atom is 0.345 e. The van der Waals surface area contributed by atoms with Crippen LogP contribution in [0.1, 0.15) is 12.8 Å². The topological polar surface area (TPSA) is 60.1 Å². The lowest BCUT2D eigenvalue weighted by Crippen LogP contribution is -2.25. The average Bonchev–Trinajstić information content (AvgIpc) is 2.49. The number of hydrogen-bond acceptors (Lipinski definition) is 3. The number of aromatic nitrogens is 3. The van der Waals surface area contributed by atoms with E-state index in [9.17, 15) is 9.59 Å². The number of amides is 1. The molecule has 0 saturated heterocycles. The molecule has 1 aromatic rings. The van der Waals surface area contributed by atoms with Gasteiger partial charge in [-0.3, -0.25) is 9.36 Å². The number of carbonyl (C=O) groups excluding carboxylic acids is 1. The minimum atomic E-state index is -0.146. The molecule has 1 rings (SSSR count). The van der Waals surface area contributed by atoms with E-state index in [1.54, 1.807) is 26.0 Å². The lowest BCUT2D eigenvalue weighted by molar-refractivity contribution is -0.128. The lowest BCUT2D eigenvalue weighted by Gasteiger charge is -2.09. The van der Waals surface area contributed by atoms with Crippen LogP contribution in [0.15, 0.2) is 11.1 Å². The largest absolute Gasteiger partial charge is 0.349 e. The van der Waals surface area contributed by atoms with E-state index in [4.69, 9.17) is 0 Å². The van der Waals surface area contributed by atoms with Crippen molar-refractivity contribution in [3.05, 3.63) is 16.8 Å². The number of hydrogen-bond donors (Lipinski definition) is 0. The third-order valence-corrected chi connectivity index (χ3v) is 2.15. The zero-order valence-electron chi connectivity index (χ0n) is 9.30. The summed E-state index contributed by atoms with van der Waals surface area (Å²) in [5.74, 6) is 0.0685. The highest BCUT2D eigenvalue weighted by atomic mass is 16.2. The third kappa shape index (κ3) is 2.93. The Morgan fingerprint density at radius 2 is 2.20 bits per heavy atom. The Balaban J connectivity index is 2.42. The van der Waals surface area contributed by atoms with Crippen LogP contribution in [0.3, 0.4) is 0 Å². The predicted molar refractivity (Wildman–Crippen MR) is 55.4 cm³/mol. The molecule has 0 aliphatic carbocycles. The Bertz CT molecular complexity index is 391. The van der Waals surface area contributed by atoms with Gasteiger partial charge in [0.25, 0.3) is 0 Å². The molecule has 0 unspecified atom stereocenters. The van der Waals surface area contributed by atoms with Gasteiger partial charge in [-0.25, -0.2) is 9.48 Å². The zero-order chi connectivity index (χ0) is 11.4. The molecule has 1 aromatic heterocycles. The van der Waals surface area contributed by atoms with E-state index in [1.807, 2.05) is 0 Å².